The second-order valence-electron chi connectivity index (χ2n) is 3.20. The van der Waals surface area contributed by atoms with Crippen LogP contribution in [0.3, 0.4) is 0 Å². The van der Waals surface area contributed by atoms with Crippen molar-refractivity contribution in [3.8, 4) is 0 Å². The minimum Gasteiger partial charge on any atom is -0.384 e. The van der Waals surface area contributed by atoms with Crippen molar-refractivity contribution in [3.63, 3.8) is 0 Å². The van der Waals surface area contributed by atoms with E-state index in [2.05, 4.69) is 4.98 Å². The number of carbonyl (C=O) groups is 1. The maximum absolute atomic E-state index is 10.7. The molecule has 0 saturated carbocycles. The van der Waals surface area contributed by atoms with E-state index in [9.17, 15) is 4.79 Å². The smallest absolute Gasteiger partial charge is 0.186 e. The van der Waals surface area contributed by atoms with Gasteiger partial charge in [0.2, 0.25) is 0 Å². The van der Waals surface area contributed by atoms with E-state index < -0.39 is 0 Å². The Morgan fingerprint density at radius 1 is 1.60 bits per heavy atom. The maximum Gasteiger partial charge on any atom is 0.186 e. The highest BCUT2D eigenvalue weighted by atomic mass is 32.2. The standard InChI is InChI=1S/C11H14N2OS/c1-8-6-10(13-11(12)7-8)4-3-5-15-9(2)14/h3-4,6-7H,5H2,1-2H3,(H2,12,13). The van der Waals surface area contributed by atoms with E-state index in [0.717, 1.165) is 11.3 Å². The van der Waals surface area contributed by atoms with Crippen molar-refractivity contribution in [1.29, 1.82) is 0 Å². The molecule has 0 bridgehead atoms. The van der Waals surface area contributed by atoms with Gasteiger partial charge in [-0.1, -0.05) is 17.8 Å². The highest BCUT2D eigenvalue weighted by Crippen LogP contribution is 2.09. The highest BCUT2D eigenvalue weighted by molar-refractivity contribution is 8.13. The van der Waals surface area contributed by atoms with Gasteiger partial charge in [-0.3, -0.25) is 4.79 Å². The Hall–Kier alpha value is -1.29. The lowest BCUT2D eigenvalue weighted by Gasteiger charge is -1.98. The van der Waals surface area contributed by atoms with E-state index in [0.29, 0.717) is 11.6 Å². The van der Waals surface area contributed by atoms with Gasteiger partial charge in [0.25, 0.3) is 0 Å². The lowest BCUT2D eigenvalue weighted by Crippen LogP contribution is -1.93. The first-order valence-electron chi connectivity index (χ1n) is 4.62. The van der Waals surface area contributed by atoms with Gasteiger partial charge in [-0.2, -0.15) is 0 Å². The number of nitrogen functional groups attached to an aromatic ring is 1. The van der Waals surface area contributed by atoms with E-state index in [1.165, 1.54) is 11.8 Å². The van der Waals surface area contributed by atoms with E-state index in [1.807, 2.05) is 31.2 Å². The fourth-order valence-electron chi connectivity index (χ4n) is 1.14. The predicted octanol–water partition coefficient (Wildman–Crippen LogP) is 2.27. The highest BCUT2D eigenvalue weighted by Gasteiger charge is 1.94. The van der Waals surface area contributed by atoms with Crippen LogP contribution in [0.2, 0.25) is 0 Å². The van der Waals surface area contributed by atoms with Gasteiger partial charge in [0, 0.05) is 12.7 Å². The number of hydrogen-bond acceptors (Lipinski definition) is 4. The van der Waals surface area contributed by atoms with Gasteiger partial charge in [-0.15, -0.1) is 0 Å². The van der Waals surface area contributed by atoms with Crippen molar-refractivity contribution in [2.24, 2.45) is 0 Å². The van der Waals surface area contributed by atoms with Crippen LogP contribution < -0.4 is 5.73 Å². The molecule has 1 rings (SSSR count). The van der Waals surface area contributed by atoms with Crippen molar-refractivity contribution in [1.82, 2.24) is 4.98 Å². The summed E-state index contributed by atoms with van der Waals surface area (Å²) >= 11 is 1.27. The molecule has 0 aliphatic heterocycles. The molecule has 1 aromatic rings. The van der Waals surface area contributed by atoms with Gasteiger partial charge in [0.05, 0.1) is 5.69 Å². The lowest BCUT2D eigenvalue weighted by molar-refractivity contribution is -0.109. The van der Waals surface area contributed by atoms with Gasteiger partial charge >= 0.3 is 0 Å². The average Bonchev–Trinajstić information content (AvgIpc) is 2.10. The summed E-state index contributed by atoms with van der Waals surface area (Å²) in [6.07, 6.45) is 3.78. The first-order valence-corrected chi connectivity index (χ1v) is 5.60. The molecule has 15 heavy (non-hydrogen) atoms. The van der Waals surface area contributed by atoms with Crippen molar-refractivity contribution in [3.05, 3.63) is 29.5 Å². The second kappa shape index (κ2) is 5.56. The van der Waals surface area contributed by atoms with Gasteiger partial charge in [0.1, 0.15) is 5.82 Å². The maximum atomic E-state index is 10.7. The zero-order valence-electron chi connectivity index (χ0n) is 8.86. The third kappa shape index (κ3) is 4.65. The van der Waals surface area contributed by atoms with Gasteiger partial charge in [-0.25, -0.2) is 4.98 Å². The van der Waals surface area contributed by atoms with Crippen LogP contribution in [0, 0.1) is 6.92 Å². The third-order valence-electron chi connectivity index (χ3n) is 1.68. The number of rotatable bonds is 3. The number of aryl methyl sites for hydroxylation is 1. The molecular formula is C11H14N2OS. The first-order chi connectivity index (χ1) is 7.08. The normalized spacial score (nSPS) is 10.8. The average molecular weight is 222 g/mol. The number of nitrogens with zero attached hydrogens (tertiary/aromatic N) is 1. The van der Waals surface area contributed by atoms with Gasteiger partial charge in [-0.05, 0) is 30.7 Å². The van der Waals surface area contributed by atoms with Crippen LogP contribution in [0.5, 0.6) is 0 Å². The number of carbonyl (C=O) groups excluding carboxylic acids is 1. The topological polar surface area (TPSA) is 56.0 Å². The van der Waals surface area contributed by atoms with E-state index in [-0.39, 0.29) is 5.12 Å². The van der Waals surface area contributed by atoms with Crippen LogP contribution in [0.1, 0.15) is 18.2 Å². The molecule has 80 valence electrons. The number of hydrogen-bond donors (Lipinski definition) is 1. The molecule has 0 aliphatic carbocycles. The molecule has 0 aliphatic rings. The predicted molar refractivity (Wildman–Crippen MR) is 65.6 cm³/mol. The molecule has 1 heterocycles. The zero-order chi connectivity index (χ0) is 11.3. The third-order valence-corrected chi connectivity index (χ3v) is 2.45. The molecule has 0 spiro atoms. The Balaban J connectivity index is 2.60. The van der Waals surface area contributed by atoms with Gasteiger partial charge < -0.3 is 5.73 Å². The second-order valence-corrected chi connectivity index (χ2v) is 4.40. The summed E-state index contributed by atoms with van der Waals surface area (Å²) in [4.78, 5) is 14.8. The SMILES string of the molecule is CC(=O)SCC=Cc1cc(C)cc(N)n1. The summed E-state index contributed by atoms with van der Waals surface area (Å²) in [6.45, 7) is 3.53. The molecule has 2 N–H and O–H groups in total. The first kappa shape index (κ1) is 11.8. The van der Waals surface area contributed by atoms with E-state index >= 15 is 0 Å². The number of thioether (sulfide) groups is 1. The summed E-state index contributed by atoms with van der Waals surface area (Å²) in [5.41, 5.74) is 7.52. The van der Waals surface area contributed by atoms with Crippen LogP contribution in [-0.2, 0) is 4.79 Å². The molecular weight excluding hydrogens is 208 g/mol. The summed E-state index contributed by atoms with van der Waals surface area (Å²) in [5.74, 6) is 1.19. The van der Waals surface area contributed by atoms with E-state index in [1.54, 1.807) is 6.92 Å². The number of anilines is 1. The zero-order valence-corrected chi connectivity index (χ0v) is 9.67. The minimum atomic E-state index is 0.122. The summed E-state index contributed by atoms with van der Waals surface area (Å²) < 4.78 is 0. The van der Waals surface area contributed by atoms with Crippen LogP contribution in [-0.4, -0.2) is 15.9 Å². The number of pyridine rings is 1. The van der Waals surface area contributed by atoms with Gasteiger partial charge in [0.15, 0.2) is 5.12 Å². The Labute approximate surface area is 93.8 Å². The molecule has 0 amide bonds. The lowest BCUT2D eigenvalue weighted by atomic mass is 10.2. The fourth-order valence-corrected chi connectivity index (χ4v) is 1.57. The molecule has 0 aromatic carbocycles. The van der Waals surface area contributed by atoms with Crippen LogP contribution >= 0.6 is 11.8 Å². The summed E-state index contributed by atoms with van der Waals surface area (Å²) in [5, 5.41) is 0.122. The Bertz CT molecular complexity index is 368. The quantitative estimate of drug-likeness (QED) is 0.852. The summed E-state index contributed by atoms with van der Waals surface area (Å²) in [6, 6.07) is 3.77. The van der Waals surface area contributed by atoms with Crippen molar-refractivity contribution < 1.29 is 4.79 Å². The fraction of sp³-hybridized carbons (Fsp3) is 0.273. The van der Waals surface area contributed by atoms with Crippen LogP contribution in [0.4, 0.5) is 5.82 Å². The van der Waals surface area contributed by atoms with Crippen LogP contribution in [0.25, 0.3) is 6.08 Å². The molecule has 0 saturated heterocycles. The number of aromatic nitrogens is 1. The number of nitrogens with two attached hydrogens (primary N) is 1. The van der Waals surface area contributed by atoms with Crippen molar-refractivity contribution >= 4 is 28.8 Å². The van der Waals surface area contributed by atoms with Crippen LogP contribution in [0.15, 0.2) is 18.2 Å². The molecule has 0 radical (unpaired) electrons. The van der Waals surface area contributed by atoms with Crippen molar-refractivity contribution in [2.75, 3.05) is 11.5 Å². The Morgan fingerprint density at radius 2 is 2.33 bits per heavy atom. The Morgan fingerprint density at radius 3 is 2.93 bits per heavy atom. The monoisotopic (exact) mass is 222 g/mol. The van der Waals surface area contributed by atoms with E-state index in [4.69, 9.17) is 5.73 Å². The molecule has 1 aromatic heterocycles. The molecule has 4 heteroatoms. The molecule has 0 fully saturated rings. The summed E-state index contributed by atoms with van der Waals surface area (Å²) in [7, 11) is 0. The molecule has 0 atom stereocenters. The molecule has 0 unspecified atom stereocenters. The Kier molecular flexibility index (Phi) is 4.37. The minimum absolute atomic E-state index is 0.122. The van der Waals surface area contributed by atoms with Crippen molar-refractivity contribution in [2.45, 2.75) is 13.8 Å². The molecule has 3 nitrogen and oxygen atoms in total. The largest absolute Gasteiger partial charge is 0.384 e.